The average molecular weight is 330 g/mol. The second kappa shape index (κ2) is 7.78. The van der Waals surface area contributed by atoms with Gasteiger partial charge in [0, 0.05) is 25.6 Å². The van der Waals surface area contributed by atoms with Crippen molar-refractivity contribution in [3.63, 3.8) is 0 Å². The zero-order valence-corrected chi connectivity index (χ0v) is 13.4. The third kappa shape index (κ3) is 6.52. The number of nitrogens with one attached hydrogen (secondary N) is 1. The predicted octanol–water partition coefficient (Wildman–Crippen LogP) is 2.37. The van der Waals surface area contributed by atoms with Gasteiger partial charge in [0.2, 0.25) is 10.0 Å². The number of alkyl halides is 3. The number of hydrogen-bond donors (Lipinski definition) is 1. The molecule has 0 aliphatic carbocycles. The Labute approximate surface area is 125 Å². The molecule has 21 heavy (non-hydrogen) atoms. The molecule has 0 bridgehead atoms. The van der Waals surface area contributed by atoms with Crippen molar-refractivity contribution in [2.24, 2.45) is 5.92 Å². The van der Waals surface area contributed by atoms with Crippen LogP contribution in [-0.4, -0.2) is 50.3 Å². The Morgan fingerprint density at radius 1 is 1.33 bits per heavy atom. The van der Waals surface area contributed by atoms with E-state index in [2.05, 4.69) is 12.2 Å². The van der Waals surface area contributed by atoms with Gasteiger partial charge < -0.3 is 5.32 Å². The lowest BCUT2D eigenvalue weighted by molar-refractivity contribution is -0.134. The van der Waals surface area contributed by atoms with Crippen molar-refractivity contribution in [3.05, 3.63) is 0 Å². The van der Waals surface area contributed by atoms with Gasteiger partial charge in [-0.1, -0.05) is 13.8 Å². The molecule has 0 saturated carbocycles. The van der Waals surface area contributed by atoms with E-state index in [9.17, 15) is 21.6 Å². The largest absolute Gasteiger partial charge is 0.389 e. The Bertz CT molecular complexity index is 412. The lowest BCUT2D eigenvalue weighted by atomic mass is 9.95. The first kappa shape index (κ1) is 18.7. The van der Waals surface area contributed by atoms with Crippen molar-refractivity contribution in [1.29, 1.82) is 0 Å². The first-order valence-corrected chi connectivity index (χ1v) is 9.04. The fourth-order valence-electron chi connectivity index (χ4n) is 2.58. The number of nitrogens with zero attached hydrogens (tertiary/aromatic N) is 1. The fraction of sp³-hybridized carbons (Fsp3) is 1.00. The maximum absolute atomic E-state index is 12.1. The molecular formula is C13H25F3N2O2S. The van der Waals surface area contributed by atoms with Crippen LogP contribution in [0.3, 0.4) is 0 Å². The highest BCUT2D eigenvalue weighted by Crippen LogP contribution is 2.24. The molecule has 1 heterocycles. The normalized spacial score (nSPS) is 25.2. The minimum absolute atomic E-state index is 0.169. The maximum Gasteiger partial charge on any atom is 0.389 e. The molecule has 1 aliphatic heterocycles. The quantitative estimate of drug-likeness (QED) is 0.780. The molecule has 2 atom stereocenters. The van der Waals surface area contributed by atoms with Crippen molar-refractivity contribution in [1.82, 2.24) is 9.62 Å². The number of hydrogen-bond acceptors (Lipinski definition) is 3. The van der Waals surface area contributed by atoms with E-state index in [1.807, 2.05) is 6.92 Å². The molecule has 8 heteroatoms. The van der Waals surface area contributed by atoms with Crippen molar-refractivity contribution < 1.29 is 21.6 Å². The smallest absolute Gasteiger partial charge is 0.314 e. The molecule has 1 aliphatic rings. The number of sulfonamides is 1. The first-order chi connectivity index (χ1) is 9.65. The molecule has 126 valence electrons. The van der Waals surface area contributed by atoms with Crippen molar-refractivity contribution in [3.8, 4) is 0 Å². The van der Waals surface area contributed by atoms with Gasteiger partial charge in [0.25, 0.3) is 0 Å². The van der Waals surface area contributed by atoms with E-state index in [0.29, 0.717) is 19.5 Å². The summed E-state index contributed by atoms with van der Waals surface area (Å²) in [6.45, 7) is 5.71. The summed E-state index contributed by atoms with van der Waals surface area (Å²) >= 11 is 0. The van der Waals surface area contributed by atoms with Crippen molar-refractivity contribution in [2.45, 2.75) is 51.7 Å². The minimum Gasteiger partial charge on any atom is -0.314 e. The summed E-state index contributed by atoms with van der Waals surface area (Å²) in [5.74, 6) is -0.255. The second-order valence-electron chi connectivity index (χ2n) is 5.72. The third-order valence-electron chi connectivity index (χ3n) is 3.78. The molecule has 1 N–H and O–H groups in total. The molecule has 0 aromatic heterocycles. The van der Waals surface area contributed by atoms with Crippen LogP contribution in [0.2, 0.25) is 0 Å². The van der Waals surface area contributed by atoms with E-state index >= 15 is 0 Å². The summed E-state index contributed by atoms with van der Waals surface area (Å²) in [6, 6.07) is 0.284. The highest BCUT2D eigenvalue weighted by atomic mass is 32.2. The van der Waals surface area contributed by atoms with Crippen LogP contribution in [-0.2, 0) is 10.0 Å². The second-order valence-corrected chi connectivity index (χ2v) is 7.81. The van der Waals surface area contributed by atoms with E-state index < -0.39 is 28.4 Å². The monoisotopic (exact) mass is 330 g/mol. The van der Waals surface area contributed by atoms with Crippen molar-refractivity contribution in [2.75, 3.05) is 25.4 Å². The lowest BCUT2D eigenvalue weighted by Gasteiger charge is -2.36. The van der Waals surface area contributed by atoms with Crippen LogP contribution in [0.25, 0.3) is 0 Å². The minimum atomic E-state index is -4.29. The number of halogens is 3. The molecule has 0 spiro atoms. The summed E-state index contributed by atoms with van der Waals surface area (Å²) in [5.41, 5.74) is 0. The fourth-order valence-corrected chi connectivity index (χ4v) is 4.19. The number of piperidine rings is 1. The molecule has 4 nitrogen and oxygen atoms in total. The highest BCUT2D eigenvalue weighted by molar-refractivity contribution is 7.89. The first-order valence-electron chi connectivity index (χ1n) is 7.43. The summed E-state index contributed by atoms with van der Waals surface area (Å²) in [7, 11) is -3.58. The average Bonchev–Trinajstić information content (AvgIpc) is 2.35. The molecule has 0 aromatic carbocycles. The molecular weight excluding hydrogens is 305 g/mol. The van der Waals surface area contributed by atoms with Crippen LogP contribution >= 0.6 is 0 Å². The van der Waals surface area contributed by atoms with Gasteiger partial charge in [-0.15, -0.1) is 0 Å². The Kier molecular flexibility index (Phi) is 6.93. The summed E-state index contributed by atoms with van der Waals surface area (Å²) in [5, 5.41) is 3.39. The zero-order valence-electron chi connectivity index (χ0n) is 12.6. The Hall–Kier alpha value is -0.340. The van der Waals surface area contributed by atoms with Gasteiger partial charge in [-0.3, -0.25) is 0 Å². The van der Waals surface area contributed by atoms with Gasteiger partial charge >= 0.3 is 6.18 Å². The van der Waals surface area contributed by atoms with Crippen LogP contribution in [0, 0.1) is 5.92 Å². The molecule has 1 rings (SSSR count). The van der Waals surface area contributed by atoms with Crippen LogP contribution in [0.15, 0.2) is 0 Å². The van der Waals surface area contributed by atoms with Gasteiger partial charge in [0.15, 0.2) is 0 Å². The third-order valence-corrected chi connectivity index (χ3v) is 5.70. The maximum atomic E-state index is 12.1. The Morgan fingerprint density at radius 3 is 2.52 bits per heavy atom. The SMILES string of the molecule is CCCNC1CCN(S(=O)(=O)CCCC(F)(F)F)CC1C. The van der Waals surface area contributed by atoms with Gasteiger partial charge in [-0.25, -0.2) is 12.7 Å². The van der Waals surface area contributed by atoms with E-state index in [1.54, 1.807) is 0 Å². The molecule has 2 unspecified atom stereocenters. The van der Waals surface area contributed by atoms with E-state index in [-0.39, 0.29) is 18.4 Å². The van der Waals surface area contributed by atoms with E-state index in [0.717, 1.165) is 13.0 Å². The van der Waals surface area contributed by atoms with Crippen LogP contribution in [0.1, 0.15) is 39.5 Å². The van der Waals surface area contributed by atoms with Crippen molar-refractivity contribution >= 4 is 10.0 Å². The van der Waals surface area contributed by atoms with Gasteiger partial charge in [0.1, 0.15) is 0 Å². The Balaban J connectivity index is 2.47. The Morgan fingerprint density at radius 2 is 2.00 bits per heavy atom. The van der Waals surface area contributed by atoms with Crippen LogP contribution in [0.4, 0.5) is 13.2 Å². The lowest BCUT2D eigenvalue weighted by Crippen LogP contribution is -2.50. The topological polar surface area (TPSA) is 49.4 Å². The summed E-state index contributed by atoms with van der Waals surface area (Å²) in [6.07, 6.45) is -3.98. The van der Waals surface area contributed by atoms with E-state index in [1.165, 1.54) is 4.31 Å². The van der Waals surface area contributed by atoms with Gasteiger partial charge in [0.05, 0.1) is 5.75 Å². The highest BCUT2D eigenvalue weighted by Gasteiger charge is 2.33. The number of rotatable bonds is 7. The van der Waals surface area contributed by atoms with Gasteiger partial charge in [-0.05, 0) is 31.7 Å². The summed E-state index contributed by atoms with van der Waals surface area (Å²) < 4.78 is 61.8. The molecule has 0 amide bonds. The van der Waals surface area contributed by atoms with E-state index in [4.69, 9.17) is 0 Å². The molecule has 0 radical (unpaired) electrons. The zero-order chi connectivity index (χ0) is 16.1. The van der Waals surface area contributed by atoms with Gasteiger partial charge in [-0.2, -0.15) is 13.2 Å². The van der Waals surface area contributed by atoms with Crippen LogP contribution < -0.4 is 5.32 Å². The van der Waals surface area contributed by atoms with Crippen LogP contribution in [0.5, 0.6) is 0 Å². The molecule has 1 saturated heterocycles. The standard InChI is InChI=1S/C13H25F3N2O2S/c1-3-7-17-12-5-8-18(10-11(12)2)21(19,20)9-4-6-13(14,15)16/h11-12,17H,3-10H2,1-2H3. The predicted molar refractivity (Wildman–Crippen MR) is 76.5 cm³/mol. The molecule has 1 fully saturated rings. The summed E-state index contributed by atoms with van der Waals surface area (Å²) in [4.78, 5) is 0. The molecule has 0 aromatic rings.